The highest BCUT2D eigenvalue weighted by atomic mass is 16.2. The molecule has 0 aromatic carbocycles. The van der Waals surface area contributed by atoms with Crippen molar-refractivity contribution < 1.29 is 4.79 Å². The maximum absolute atomic E-state index is 13.1. The summed E-state index contributed by atoms with van der Waals surface area (Å²) < 4.78 is 1.83. The molecule has 2 fully saturated rings. The molecular formula is C20H26N4O. The number of rotatable bonds is 2. The number of nitrogens with zero attached hydrogens (tertiary/aromatic N) is 4. The SMILES string of the molecule is Cc1cccc(-n2cnc(C(=O)N3CC4(C)CC3CC(C)(C)C4)c2)n1. The van der Waals surface area contributed by atoms with Crippen molar-refractivity contribution in [3.8, 4) is 5.82 Å². The van der Waals surface area contributed by atoms with Crippen molar-refractivity contribution in [3.63, 3.8) is 0 Å². The molecule has 2 aromatic rings. The van der Waals surface area contributed by atoms with Gasteiger partial charge in [0.15, 0.2) is 0 Å². The fourth-order valence-electron chi connectivity index (χ4n) is 5.08. The normalized spacial score (nSPS) is 27.5. The molecule has 2 aliphatic rings. The number of hydrogen-bond donors (Lipinski definition) is 0. The zero-order chi connectivity index (χ0) is 17.8. The third-order valence-electron chi connectivity index (χ3n) is 5.62. The molecule has 132 valence electrons. The fourth-order valence-corrected chi connectivity index (χ4v) is 5.08. The molecule has 3 heterocycles. The predicted octanol–water partition coefficient (Wildman–Crippen LogP) is 3.62. The van der Waals surface area contributed by atoms with Crippen LogP contribution in [0.25, 0.3) is 5.82 Å². The van der Waals surface area contributed by atoms with E-state index in [1.54, 1.807) is 12.5 Å². The molecule has 2 aromatic heterocycles. The summed E-state index contributed by atoms with van der Waals surface area (Å²) in [5.41, 5.74) is 2.00. The number of likely N-dealkylation sites (tertiary alicyclic amines) is 1. The number of aryl methyl sites for hydroxylation is 1. The highest BCUT2D eigenvalue weighted by molar-refractivity contribution is 5.92. The largest absolute Gasteiger partial charge is 0.334 e. The van der Waals surface area contributed by atoms with E-state index in [4.69, 9.17) is 0 Å². The Balaban J connectivity index is 1.58. The average Bonchev–Trinajstić information content (AvgIpc) is 3.08. The Bertz CT molecular complexity index is 825. The molecule has 0 radical (unpaired) electrons. The minimum atomic E-state index is 0.0535. The van der Waals surface area contributed by atoms with Gasteiger partial charge in [0.2, 0.25) is 0 Å². The number of pyridine rings is 1. The molecule has 1 amide bonds. The van der Waals surface area contributed by atoms with Crippen LogP contribution in [0.1, 0.15) is 56.2 Å². The lowest BCUT2D eigenvalue weighted by Crippen LogP contribution is -2.37. The van der Waals surface area contributed by atoms with Crippen LogP contribution in [0.15, 0.2) is 30.7 Å². The Hall–Kier alpha value is -2.17. The van der Waals surface area contributed by atoms with Gasteiger partial charge in [-0.1, -0.05) is 26.8 Å². The molecule has 1 aliphatic carbocycles. The Kier molecular flexibility index (Phi) is 3.53. The van der Waals surface area contributed by atoms with Gasteiger partial charge in [0.25, 0.3) is 5.91 Å². The van der Waals surface area contributed by atoms with Crippen LogP contribution in [-0.2, 0) is 0 Å². The average molecular weight is 338 g/mol. The zero-order valence-electron chi connectivity index (χ0n) is 15.5. The zero-order valence-corrected chi connectivity index (χ0v) is 15.5. The molecule has 1 aliphatic heterocycles. The number of carbonyl (C=O) groups excluding carboxylic acids is 1. The molecule has 5 nitrogen and oxygen atoms in total. The molecule has 2 bridgehead atoms. The summed E-state index contributed by atoms with van der Waals surface area (Å²) in [5.74, 6) is 0.845. The van der Waals surface area contributed by atoms with Crippen molar-refractivity contribution in [2.75, 3.05) is 6.54 Å². The first-order chi connectivity index (χ1) is 11.7. The Morgan fingerprint density at radius 2 is 2.04 bits per heavy atom. The lowest BCUT2D eigenvalue weighted by atomic mass is 9.65. The van der Waals surface area contributed by atoms with Crippen LogP contribution in [0.2, 0.25) is 0 Å². The standard InChI is InChI=1S/C20H26N4O/c1-14-6-5-7-17(22-14)23-10-16(21-13-23)18(25)24-12-20(4)9-15(24)8-19(2,3)11-20/h5-7,10,13,15H,8-9,11-12H2,1-4H3. The summed E-state index contributed by atoms with van der Waals surface area (Å²) >= 11 is 0. The van der Waals surface area contributed by atoms with Crippen molar-refractivity contribution in [3.05, 3.63) is 42.1 Å². The van der Waals surface area contributed by atoms with Crippen LogP contribution in [0.4, 0.5) is 0 Å². The maximum Gasteiger partial charge on any atom is 0.274 e. The van der Waals surface area contributed by atoms with Crippen LogP contribution < -0.4 is 0 Å². The van der Waals surface area contributed by atoms with Crippen LogP contribution in [0.5, 0.6) is 0 Å². The number of imidazole rings is 1. The first-order valence-corrected chi connectivity index (χ1v) is 9.04. The summed E-state index contributed by atoms with van der Waals surface area (Å²) in [4.78, 5) is 24.0. The maximum atomic E-state index is 13.1. The second-order valence-electron chi connectivity index (χ2n) is 8.95. The third kappa shape index (κ3) is 2.96. The van der Waals surface area contributed by atoms with E-state index in [2.05, 4.69) is 35.6 Å². The molecular weight excluding hydrogens is 312 g/mol. The van der Waals surface area contributed by atoms with Crippen molar-refractivity contribution in [1.82, 2.24) is 19.4 Å². The summed E-state index contributed by atoms with van der Waals surface area (Å²) in [6, 6.07) is 6.18. The van der Waals surface area contributed by atoms with Crippen molar-refractivity contribution >= 4 is 5.91 Å². The Labute approximate surface area is 149 Å². The first kappa shape index (κ1) is 16.3. The second kappa shape index (κ2) is 5.41. The highest BCUT2D eigenvalue weighted by Crippen LogP contribution is 2.52. The van der Waals surface area contributed by atoms with Gasteiger partial charge >= 0.3 is 0 Å². The van der Waals surface area contributed by atoms with Crippen LogP contribution in [0, 0.1) is 17.8 Å². The lowest BCUT2D eigenvalue weighted by molar-refractivity contribution is 0.0703. The van der Waals surface area contributed by atoms with E-state index in [1.165, 1.54) is 6.42 Å². The first-order valence-electron chi connectivity index (χ1n) is 9.04. The highest BCUT2D eigenvalue weighted by Gasteiger charge is 2.51. The van der Waals surface area contributed by atoms with E-state index in [1.807, 2.05) is 29.7 Å². The number of hydrogen-bond acceptors (Lipinski definition) is 3. The van der Waals surface area contributed by atoms with Gasteiger partial charge in [-0.15, -0.1) is 0 Å². The quantitative estimate of drug-likeness (QED) is 0.840. The summed E-state index contributed by atoms with van der Waals surface area (Å²) in [6.07, 6.45) is 6.86. The second-order valence-corrected chi connectivity index (χ2v) is 8.95. The topological polar surface area (TPSA) is 51.0 Å². The van der Waals surface area contributed by atoms with E-state index < -0.39 is 0 Å². The van der Waals surface area contributed by atoms with Crippen LogP contribution in [-0.4, -0.2) is 37.9 Å². The van der Waals surface area contributed by atoms with E-state index in [9.17, 15) is 4.79 Å². The Morgan fingerprint density at radius 3 is 2.80 bits per heavy atom. The summed E-state index contributed by atoms with van der Waals surface area (Å²) in [5, 5.41) is 0. The molecule has 0 N–H and O–H groups in total. The number of fused-ring (bicyclic) bond motifs is 2. The van der Waals surface area contributed by atoms with Crippen molar-refractivity contribution in [2.24, 2.45) is 10.8 Å². The smallest absolute Gasteiger partial charge is 0.274 e. The molecule has 1 saturated carbocycles. The van der Waals surface area contributed by atoms with E-state index in [-0.39, 0.29) is 11.3 Å². The van der Waals surface area contributed by atoms with Crippen LogP contribution >= 0.6 is 0 Å². The molecule has 2 unspecified atom stereocenters. The van der Waals surface area contributed by atoms with Gasteiger partial charge < -0.3 is 4.90 Å². The minimum Gasteiger partial charge on any atom is -0.334 e. The van der Waals surface area contributed by atoms with Gasteiger partial charge in [-0.2, -0.15) is 0 Å². The van der Waals surface area contributed by atoms with E-state index in [0.717, 1.165) is 30.9 Å². The van der Waals surface area contributed by atoms with Gasteiger partial charge in [0.1, 0.15) is 17.8 Å². The monoisotopic (exact) mass is 338 g/mol. The molecule has 5 heteroatoms. The number of amides is 1. The lowest BCUT2D eigenvalue weighted by Gasteiger charge is -2.39. The van der Waals surface area contributed by atoms with Gasteiger partial charge in [-0.25, -0.2) is 9.97 Å². The number of carbonyl (C=O) groups is 1. The van der Waals surface area contributed by atoms with Crippen LogP contribution in [0.3, 0.4) is 0 Å². The molecule has 4 rings (SSSR count). The summed E-state index contributed by atoms with van der Waals surface area (Å²) in [6.45, 7) is 9.77. The van der Waals surface area contributed by atoms with Gasteiger partial charge in [0.05, 0.1) is 0 Å². The number of aromatic nitrogens is 3. The van der Waals surface area contributed by atoms with E-state index in [0.29, 0.717) is 17.2 Å². The van der Waals surface area contributed by atoms with Gasteiger partial charge in [-0.05, 0) is 49.1 Å². The third-order valence-corrected chi connectivity index (χ3v) is 5.62. The minimum absolute atomic E-state index is 0.0535. The van der Waals surface area contributed by atoms with Crippen molar-refractivity contribution in [2.45, 2.75) is 53.0 Å². The van der Waals surface area contributed by atoms with Gasteiger partial charge in [0, 0.05) is 24.5 Å². The molecule has 2 atom stereocenters. The van der Waals surface area contributed by atoms with E-state index >= 15 is 0 Å². The molecule has 1 saturated heterocycles. The van der Waals surface area contributed by atoms with Crippen molar-refractivity contribution in [1.29, 1.82) is 0 Å². The van der Waals surface area contributed by atoms with Gasteiger partial charge in [-0.3, -0.25) is 9.36 Å². The summed E-state index contributed by atoms with van der Waals surface area (Å²) in [7, 11) is 0. The molecule has 25 heavy (non-hydrogen) atoms. The fraction of sp³-hybridized carbons (Fsp3) is 0.550. The predicted molar refractivity (Wildman–Crippen MR) is 96.7 cm³/mol. The Morgan fingerprint density at radius 1 is 1.24 bits per heavy atom. The molecule has 0 spiro atoms.